The molecule has 1 fully saturated rings. The van der Waals surface area contributed by atoms with Crippen LogP contribution in [0.4, 0.5) is 0 Å². The molecule has 4 rings (SSSR count). The van der Waals surface area contributed by atoms with Crippen molar-refractivity contribution in [3.63, 3.8) is 0 Å². The standard InChI is InChI=1S/C19H21NO3/c21-12-14-10-20(8-9-22-13-14)11-15-4-3-6-17-16-5-1-2-7-18(16)23-19(15)17/h1-7,14,21H,8-13H2/t14-/m1/s1. The van der Waals surface area contributed by atoms with Crippen molar-refractivity contribution in [1.82, 2.24) is 4.90 Å². The summed E-state index contributed by atoms with van der Waals surface area (Å²) in [5.41, 5.74) is 3.10. The molecule has 3 aromatic rings. The zero-order valence-electron chi connectivity index (χ0n) is 13.1. The lowest BCUT2D eigenvalue weighted by Gasteiger charge is -2.22. The van der Waals surface area contributed by atoms with Gasteiger partial charge in [0.25, 0.3) is 0 Å². The van der Waals surface area contributed by atoms with E-state index in [1.165, 1.54) is 10.9 Å². The van der Waals surface area contributed by atoms with Gasteiger partial charge in [-0.3, -0.25) is 4.90 Å². The second-order valence-electron chi connectivity index (χ2n) is 6.25. The van der Waals surface area contributed by atoms with Gasteiger partial charge in [-0.05, 0) is 6.07 Å². The molecule has 2 heterocycles. The highest BCUT2D eigenvalue weighted by atomic mass is 16.5. The van der Waals surface area contributed by atoms with E-state index in [-0.39, 0.29) is 12.5 Å². The first kappa shape index (κ1) is 14.7. The minimum Gasteiger partial charge on any atom is -0.456 e. The molecule has 1 saturated heterocycles. The van der Waals surface area contributed by atoms with Crippen molar-refractivity contribution in [2.75, 3.05) is 32.9 Å². The smallest absolute Gasteiger partial charge is 0.139 e. The number of hydrogen-bond donors (Lipinski definition) is 1. The molecule has 4 nitrogen and oxygen atoms in total. The molecule has 0 amide bonds. The summed E-state index contributed by atoms with van der Waals surface area (Å²) >= 11 is 0. The Bertz CT molecular complexity index is 811. The fourth-order valence-corrected chi connectivity index (χ4v) is 3.38. The predicted octanol–water partition coefficient (Wildman–Crippen LogP) is 3.03. The third-order valence-electron chi connectivity index (χ3n) is 4.56. The number of rotatable bonds is 3. The van der Waals surface area contributed by atoms with Crippen LogP contribution in [0, 0.1) is 5.92 Å². The van der Waals surface area contributed by atoms with Crippen LogP contribution in [0.3, 0.4) is 0 Å². The zero-order chi connectivity index (χ0) is 15.6. The summed E-state index contributed by atoms with van der Waals surface area (Å²) in [5, 5.41) is 11.8. The van der Waals surface area contributed by atoms with Crippen LogP contribution < -0.4 is 0 Å². The van der Waals surface area contributed by atoms with Crippen molar-refractivity contribution in [2.45, 2.75) is 6.54 Å². The molecular formula is C19H21NO3. The molecule has 1 atom stereocenters. The largest absolute Gasteiger partial charge is 0.456 e. The number of hydrogen-bond acceptors (Lipinski definition) is 4. The third-order valence-corrected chi connectivity index (χ3v) is 4.56. The number of furan rings is 1. The lowest BCUT2D eigenvalue weighted by atomic mass is 10.1. The lowest BCUT2D eigenvalue weighted by molar-refractivity contribution is 0.0958. The summed E-state index contributed by atoms with van der Waals surface area (Å²) in [6, 6.07) is 14.5. The number of nitrogens with zero attached hydrogens (tertiary/aromatic N) is 1. The van der Waals surface area contributed by atoms with E-state index in [2.05, 4.69) is 29.2 Å². The Labute approximate surface area is 135 Å². The van der Waals surface area contributed by atoms with Gasteiger partial charge in [0.15, 0.2) is 0 Å². The van der Waals surface area contributed by atoms with Crippen molar-refractivity contribution in [3.8, 4) is 0 Å². The number of para-hydroxylation sites is 2. The summed E-state index contributed by atoms with van der Waals surface area (Å²) in [5.74, 6) is 0.187. The second-order valence-corrected chi connectivity index (χ2v) is 6.25. The van der Waals surface area contributed by atoms with Crippen LogP contribution in [0.5, 0.6) is 0 Å². The monoisotopic (exact) mass is 311 g/mol. The molecular weight excluding hydrogens is 290 g/mol. The van der Waals surface area contributed by atoms with Gasteiger partial charge in [0.2, 0.25) is 0 Å². The minimum atomic E-state index is 0.172. The predicted molar refractivity (Wildman–Crippen MR) is 90.4 cm³/mol. The summed E-state index contributed by atoms with van der Waals surface area (Å²) in [6.07, 6.45) is 0. The third kappa shape index (κ3) is 2.85. The van der Waals surface area contributed by atoms with Crippen LogP contribution in [0.1, 0.15) is 5.56 Å². The van der Waals surface area contributed by atoms with Gasteiger partial charge in [-0.15, -0.1) is 0 Å². The van der Waals surface area contributed by atoms with E-state index in [1.54, 1.807) is 0 Å². The van der Waals surface area contributed by atoms with Crippen molar-refractivity contribution in [1.29, 1.82) is 0 Å². The summed E-state index contributed by atoms with van der Waals surface area (Å²) in [4.78, 5) is 2.34. The number of aliphatic hydroxyl groups is 1. The minimum absolute atomic E-state index is 0.172. The van der Waals surface area contributed by atoms with E-state index in [9.17, 15) is 5.11 Å². The van der Waals surface area contributed by atoms with Gasteiger partial charge in [0, 0.05) is 48.5 Å². The Morgan fingerprint density at radius 2 is 1.96 bits per heavy atom. The van der Waals surface area contributed by atoms with Crippen LogP contribution in [-0.4, -0.2) is 42.9 Å². The first-order chi connectivity index (χ1) is 11.3. The van der Waals surface area contributed by atoms with Gasteiger partial charge >= 0.3 is 0 Å². The van der Waals surface area contributed by atoms with E-state index in [1.807, 2.05) is 18.2 Å². The summed E-state index contributed by atoms with van der Waals surface area (Å²) in [7, 11) is 0. The quantitative estimate of drug-likeness (QED) is 0.807. The van der Waals surface area contributed by atoms with E-state index < -0.39 is 0 Å². The molecule has 0 spiro atoms. The highest BCUT2D eigenvalue weighted by molar-refractivity contribution is 6.05. The van der Waals surface area contributed by atoms with E-state index in [0.717, 1.165) is 36.2 Å². The maximum atomic E-state index is 9.44. The number of aliphatic hydroxyl groups excluding tert-OH is 1. The molecule has 0 unspecified atom stereocenters. The van der Waals surface area contributed by atoms with E-state index >= 15 is 0 Å². The van der Waals surface area contributed by atoms with Crippen molar-refractivity contribution in [3.05, 3.63) is 48.0 Å². The van der Waals surface area contributed by atoms with Gasteiger partial charge in [0.1, 0.15) is 11.2 Å². The van der Waals surface area contributed by atoms with Crippen LogP contribution >= 0.6 is 0 Å². The molecule has 0 aliphatic carbocycles. The molecule has 0 saturated carbocycles. The zero-order valence-corrected chi connectivity index (χ0v) is 13.1. The van der Waals surface area contributed by atoms with E-state index in [0.29, 0.717) is 13.2 Å². The van der Waals surface area contributed by atoms with Crippen LogP contribution in [-0.2, 0) is 11.3 Å². The Hall–Kier alpha value is -1.88. The molecule has 0 radical (unpaired) electrons. The van der Waals surface area contributed by atoms with Crippen molar-refractivity contribution >= 4 is 21.9 Å². The molecule has 1 aliphatic rings. The van der Waals surface area contributed by atoms with Gasteiger partial charge < -0.3 is 14.3 Å². The maximum Gasteiger partial charge on any atom is 0.139 e. The van der Waals surface area contributed by atoms with Gasteiger partial charge in [-0.1, -0.05) is 36.4 Å². The van der Waals surface area contributed by atoms with Crippen molar-refractivity contribution in [2.24, 2.45) is 5.92 Å². The van der Waals surface area contributed by atoms with E-state index in [4.69, 9.17) is 9.15 Å². The molecule has 1 aliphatic heterocycles. The second kappa shape index (κ2) is 6.32. The number of fused-ring (bicyclic) bond motifs is 3. The first-order valence-corrected chi connectivity index (χ1v) is 8.15. The Kier molecular flexibility index (Phi) is 4.04. The number of ether oxygens (including phenoxy) is 1. The molecule has 1 N–H and O–H groups in total. The molecule has 2 aromatic carbocycles. The molecule has 4 heteroatoms. The van der Waals surface area contributed by atoms with Crippen LogP contribution in [0.15, 0.2) is 46.9 Å². The average Bonchev–Trinajstić information content (AvgIpc) is 2.81. The molecule has 120 valence electrons. The fourth-order valence-electron chi connectivity index (χ4n) is 3.38. The molecule has 23 heavy (non-hydrogen) atoms. The van der Waals surface area contributed by atoms with Crippen LogP contribution in [0.2, 0.25) is 0 Å². The molecule has 0 bridgehead atoms. The highest BCUT2D eigenvalue weighted by Crippen LogP contribution is 2.31. The highest BCUT2D eigenvalue weighted by Gasteiger charge is 2.19. The summed E-state index contributed by atoms with van der Waals surface area (Å²) < 4.78 is 11.7. The van der Waals surface area contributed by atoms with Crippen LogP contribution in [0.25, 0.3) is 21.9 Å². The molecule has 1 aromatic heterocycles. The summed E-state index contributed by atoms with van der Waals surface area (Å²) in [6.45, 7) is 4.08. The lowest BCUT2D eigenvalue weighted by Crippen LogP contribution is -2.31. The number of benzene rings is 2. The average molecular weight is 311 g/mol. The Morgan fingerprint density at radius 1 is 1.09 bits per heavy atom. The van der Waals surface area contributed by atoms with Gasteiger partial charge in [0.05, 0.1) is 13.2 Å². The van der Waals surface area contributed by atoms with Gasteiger partial charge in [-0.2, -0.15) is 0 Å². The maximum absolute atomic E-state index is 9.44. The Morgan fingerprint density at radius 3 is 2.87 bits per heavy atom. The Balaban J connectivity index is 1.68. The fraction of sp³-hybridized carbons (Fsp3) is 0.368. The van der Waals surface area contributed by atoms with Gasteiger partial charge in [-0.25, -0.2) is 0 Å². The SMILES string of the molecule is OC[C@@H]1COCCN(Cc2cccc3c2oc2ccccc23)C1. The van der Waals surface area contributed by atoms with Crippen molar-refractivity contribution < 1.29 is 14.3 Å². The normalized spacial score (nSPS) is 20.1. The topological polar surface area (TPSA) is 45.8 Å². The first-order valence-electron chi connectivity index (χ1n) is 8.15.